The smallest absolute Gasteiger partial charge is 0.0935 e. The van der Waals surface area contributed by atoms with Gasteiger partial charge in [0, 0.05) is 13.2 Å². The number of rotatable bonds is 8. The summed E-state index contributed by atoms with van der Waals surface area (Å²) in [6.45, 7) is 1.74. The molecule has 1 heterocycles. The van der Waals surface area contributed by atoms with E-state index < -0.39 is 0 Å². The first-order chi connectivity index (χ1) is 7.36. The maximum Gasteiger partial charge on any atom is 0.0935 e. The first-order valence-corrected chi connectivity index (χ1v) is 4.90. The van der Waals surface area contributed by atoms with Crippen molar-refractivity contribution in [2.75, 3.05) is 26.9 Å². The number of hydrazine groups is 1. The number of nitrogens with one attached hydrogen (secondary N) is 1. The lowest BCUT2D eigenvalue weighted by molar-refractivity contribution is 0.0587. The van der Waals surface area contributed by atoms with E-state index in [-0.39, 0.29) is 6.04 Å². The van der Waals surface area contributed by atoms with Crippen molar-refractivity contribution in [3.8, 4) is 0 Å². The van der Waals surface area contributed by atoms with E-state index in [1.165, 1.54) is 0 Å². The Balaban J connectivity index is 2.18. The first kappa shape index (κ1) is 12.2. The van der Waals surface area contributed by atoms with Gasteiger partial charge in [-0.2, -0.15) is 0 Å². The van der Waals surface area contributed by atoms with Crippen LogP contribution in [0.25, 0.3) is 0 Å². The van der Waals surface area contributed by atoms with Crippen LogP contribution in [0.1, 0.15) is 5.56 Å². The van der Waals surface area contributed by atoms with Crippen molar-refractivity contribution in [3.63, 3.8) is 0 Å². The minimum absolute atomic E-state index is 0.0967. The van der Waals surface area contributed by atoms with Crippen LogP contribution in [0, 0.1) is 0 Å². The van der Waals surface area contributed by atoms with Gasteiger partial charge in [0.2, 0.25) is 0 Å². The molecule has 86 valence electrons. The third kappa shape index (κ3) is 4.94. The molecule has 1 rings (SSSR count). The van der Waals surface area contributed by atoms with E-state index in [4.69, 9.17) is 19.7 Å². The Morgan fingerprint density at radius 1 is 1.53 bits per heavy atom. The average molecular weight is 214 g/mol. The standard InChI is InChI=1S/C10H18N2O3/c1-13-4-5-15-8-10(12-11)6-9-2-3-14-7-9/h2-3,7,10,12H,4-6,8,11H2,1H3. The summed E-state index contributed by atoms with van der Waals surface area (Å²) in [6.07, 6.45) is 4.15. The number of hydrogen-bond donors (Lipinski definition) is 2. The molecule has 0 bridgehead atoms. The average Bonchev–Trinajstić information content (AvgIpc) is 2.75. The van der Waals surface area contributed by atoms with E-state index in [9.17, 15) is 0 Å². The summed E-state index contributed by atoms with van der Waals surface area (Å²) in [5.74, 6) is 5.41. The van der Waals surface area contributed by atoms with E-state index in [1.807, 2.05) is 6.07 Å². The van der Waals surface area contributed by atoms with E-state index in [2.05, 4.69) is 5.43 Å². The van der Waals surface area contributed by atoms with Crippen molar-refractivity contribution in [1.82, 2.24) is 5.43 Å². The molecule has 0 aliphatic rings. The third-order valence-electron chi connectivity index (χ3n) is 2.05. The van der Waals surface area contributed by atoms with Crippen molar-refractivity contribution in [3.05, 3.63) is 24.2 Å². The van der Waals surface area contributed by atoms with Gasteiger partial charge in [-0.05, 0) is 18.1 Å². The summed E-state index contributed by atoms with van der Waals surface area (Å²) < 4.78 is 15.2. The van der Waals surface area contributed by atoms with Gasteiger partial charge in [-0.15, -0.1) is 0 Å². The summed E-state index contributed by atoms with van der Waals surface area (Å²) in [6, 6.07) is 2.01. The minimum Gasteiger partial charge on any atom is -0.472 e. The molecule has 0 saturated heterocycles. The van der Waals surface area contributed by atoms with Crippen LogP contribution >= 0.6 is 0 Å². The molecule has 0 aliphatic carbocycles. The largest absolute Gasteiger partial charge is 0.472 e. The second-order valence-corrected chi connectivity index (χ2v) is 3.27. The van der Waals surface area contributed by atoms with Crippen LogP contribution in [0.5, 0.6) is 0 Å². The van der Waals surface area contributed by atoms with Crippen LogP contribution in [-0.2, 0) is 15.9 Å². The molecular weight excluding hydrogens is 196 g/mol. The zero-order valence-electron chi connectivity index (χ0n) is 8.94. The summed E-state index contributed by atoms with van der Waals surface area (Å²) >= 11 is 0. The molecule has 0 saturated carbocycles. The maximum absolute atomic E-state index is 5.41. The molecule has 1 atom stereocenters. The molecule has 0 amide bonds. The van der Waals surface area contributed by atoms with Gasteiger partial charge in [-0.3, -0.25) is 11.3 Å². The highest BCUT2D eigenvalue weighted by Crippen LogP contribution is 2.03. The lowest BCUT2D eigenvalue weighted by Gasteiger charge is -2.14. The number of methoxy groups -OCH3 is 1. The zero-order chi connectivity index (χ0) is 10.9. The van der Waals surface area contributed by atoms with Crippen molar-refractivity contribution in [2.24, 2.45) is 5.84 Å². The fraction of sp³-hybridized carbons (Fsp3) is 0.600. The fourth-order valence-corrected chi connectivity index (χ4v) is 1.23. The lowest BCUT2D eigenvalue weighted by Crippen LogP contribution is -2.40. The highest BCUT2D eigenvalue weighted by atomic mass is 16.5. The summed E-state index contributed by atoms with van der Waals surface area (Å²) in [4.78, 5) is 0. The van der Waals surface area contributed by atoms with Gasteiger partial charge in [0.1, 0.15) is 0 Å². The summed E-state index contributed by atoms with van der Waals surface area (Å²) in [5, 5.41) is 0. The quantitative estimate of drug-likeness (QED) is 0.370. The van der Waals surface area contributed by atoms with Crippen LogP contribution in [0.3, 0.4) is 0 Å². The van der Waals surface area contributed by atoms with E-state index in [1.54, 1.807) is 19.6 Å². The van der Waals surface area contributed by atoms with Gasteiger partial charge < -0.3 is 13.9 Å². The molecule has 1 aromatic rings. The molecule has 5 nitrogen and oxygen atoms in total. The topological polar surface area (TPSA) is 69.7 Å². The maximum atomic E-state index is 5.41. The molecule has 1 unspecified atom stereocenters. The van der Waals surface area contributed by atoms with Gasteiger partial charge in [0.15, 0.2) is 0 Å². The van der Waals surface area contributed by atoms with Crippen LogP contribution in [-0.4, -0.2) is 33.0 Å². The SMILES string of the molecule is COCCOCC(Cc1ccoc1)NN. The predicted molar refractivity (Wildman–Crippen MR) is 56.2 cm³/mol. The fourth-order valence-electron chi connectivity index (χ4n) is 1.23. The summed E-state index contributed by atoms with van der Waals surface area (Å²) in [5.41, 5.74) is 3.81. The molecule has 15 heavy (non-hydrogen) atoms. The Morgan fingerprint density at radius 3 is 3.00 bits per heavy atom. The van der Waals surface area contributed by atoms with Gasteiger partial charge in [-0.25, -0.2) is 0 Å². The van der Waals surface area contributed by atoms with E-state index in [0.717, 1.165) is 12.0 Å². The number of furan rings is 1. The Kier molecular flexibility index (Phi) is 6.03. The van der Waals surface area contributed by atoms with Crippen LogP contribution in [0.2, 0.25) is 0 Å². The number of hydrogen-bond acceptors (Lipinski definition) is 5. The first-order valence-electron chi connectivity index (χ1n) is 4.90. The number of nitrogens with two attached hydrogens (primary N) is 1. The Bertz CT molecular complexity index is 239. The monoisotopic (exact) mass is 214 g/mol. The minimum atomic E-state index is 0.0967. The molecule has 0 fully saturated rings. The van der Waals surface area contributed by atoms with Crippen molar-refractivity contribution in [2.45, 2.75) is 12.5 Å². The highest BCUT2D eigenvalue weighted by molar-refractivity contribution is 5.07. The van der Waals surface area contributed by atoms with Crippen LogP contribution in [0.4, 0.5) is 0 Å². The Labute approximate surface area is 89.5 Å². The Morgan fingerprint density at radius 2 is 2.40 bits per heavy atom. The van der Waals surface area contributed by atoms with Crippen molar-refractivity contribution < 1.29 is 13.9 Å². The molecule has 0 aliphatic heterocycles. The van der Waals surface area contributed by atoms with E-state index >= 15 is 0 Å². The zero-order valence-corrected chi connectivity index (χ0v) is 8.94. The molecule has 0 spiro atoms. The van der Waals surface area contributed by atoms with E-state index in [0.29, 0.717) is 19.8 Å². The van der Waals surface area contributed by atoms with Crippen LogP contribution in [0.15, 0.2) is 23.0 Å². The second-order valence-electron chi connectivity index (χ2n) is 3.27. The predicted octanol–water partition coefficient (Wildman–Crippen LogP) is 0.317. The lowest BCUT2D eigenvalue weighted by atomic mass is 10.1. The molecular formula is C10H18N2O3. The van der Waals surface area contributed by atoms with Gasteiger partial charge in [0.05, 0.1) is 32.3 Å². The van der Waals surface area contributed by atoms with Gasteiger partial charge in [-0.1, -0.05) is 0 Å². The van der Waals surface area contributed by atoms with Crippen molar-refractivity contribution >= 4 is 0 Å². The summed E-state index contributed by atoms with van der Waals surface area (Å²) in [7, 11) is 1.65. The number of ether oxygens (including phenoxy) is 2. The van der Waals surface area contributed by atoms with Crippen LogP contribution < -0.4 is 11.3 Å². The molecule has 3 N–H and O–H groups in total. The highest BCUT2D eigenvalue weighted by Gasteiger charge is 2.08. The molecule has 0 aromatic carbocycles. The van der Waals surface area contributed by atoms with Gasteiger partial charge >= 0.3 is 0 Å². The molecule has 0 radical (unpaired) electrons. The van der Waals surface area contributed by atoms with Gasteiger partial charge in [0.25, 0.3) is 0 Å². The third-order valence-corrected chi connectivity index (χ3v) is 2.05. The Hall–Kier alpha value is -0.880. The molecule has 5 heteroatoms. The second kappa shape index (κ2) is 7.42. The van der Waals surface area contributed by atoms with Crippen molar-refractivity contribution in [1.29, 1.82) is 0 Å². The normalized spacial score (nSPS) is 12.9. The molecule has 1 aromatic heterocycles.